The number of halogens is 1. The van der Waals surface area contributed by atoms with Crippen LogP contribution in [0.4, 0.5) is 5.69 Å². The van der Waals surface area contributed by atoms with Gasteiger partial charge >= 0.3 is 0 Å². The normalized spacial score (nSPS) is 16.8. The van der Waals surface area contributed by atoms with Gasteiger partial charge in [0.25, 0.3) is 0 Å². The van der Waals surface area contributed by atoms with Crippen LogP contribution >= 0.6 is 11.6 Å². The number of para-hydroxylation sites is 1. The first-order valence-corrected chi connectivity index (χ1v) is 10.1. The van der Waals surface area contributed by atoms with E-state index in [1.54, 1.807) is 0 Å². The maximum absolute atomic E-state index is 7.66. The summed E-state index contributed by atoms with van der Waals surface area (Å²) in [4.78, 5) is 9.50. The van der Waals surface area contributed by atoms with Crippen molar-refractivity contribution < 1.29 is 0 Å². The summed E-state index contributed by atoms with van der Waals surface area (Å²) < 4.78 is 0. The predicted octanol–water partition coefficient (Wildman–Crippen LogP) is 4.90. The molecule has 2 aromatic carbocycles. The van der Waals surface area contributed by atoms with Gasteiger partial charge in [0, 0.05) is 66.0 Å². The van der Waals surface area contributed by atoms with Gasteiger partial charge in [-0.2, -0.15) is 0 Å². The van der Waals surface area contributed by atoms with E-state index in [4.69, 9.17) is 17.0 Å². The second kappa shape index (κ2) is 8.19. The van der Waals surface area contributed by atoms with Gasteiger partial charge in [-0.25, -0.2) is 0 Å². The molecule has 2 aromatic rings. The molecular weight excluding hydrogens is 368 g/mol. The average Bonchev–Trinajstić information content (AvgIpc) is 3.16. The van der Waals surface area contributed by atoms with E-state index in [-0.39, 0.29) is 0 Å². The fourth-order valence-electron chi connectivity index (χ4n) is 3.89. The number of rotatable bonds is 5. The molecule has 0 atom stereocenters. The predicted molar refractivity (Wildman–Crippen MR) is 119 cm³/mol. The minimum atomic E-state index is 0.665. The lowest BCUT2D eigenvalue weighted by Crippen LogP contribution is -2.46. The Bertz CT molecular complexity index is 922. The second-order valence-corrected chi connectivity index (χ2v) is 7.83. The smallest absolute Gasteiger partial charge is 0.0792 e. The van der Waals surface area contributed by atoms with Crippen LogP contribution in [0.15, 0.2) is 65.3 Å². The van der Waals surface area contributed by atoms with Crippen LogP contribution < -0.4 is 4.90 Å². The standard InChI is InChI=1S/C23H25ClN4/c1-17(25)14-20-15-21(16-26-20)27-10-12-28(13-11-27)23-5-3-2-4-22(23)18-6-8-19(24)9-7-18/h2-9,15,25H,10-14,16H2,1H3. The molecule has 0 bridgehead atoms. The lowest BCUT2D eigenvalue weighted by molar-refractivity contribution is 0.320. The van der Waals surface area contributed by atoms with Crippen molar-refractivity contribution in [1.82, 2.24) is 4.90 Å². The minimum absolute atomic E-state index is 0.665. The molecule has 0 aromatic heterocycles. The highest BCUT2D eigenvalue weighted by Gasteiger charge is 2.22. The number of nitrogens with zero attached hydrogens (tertiary/aromatic N) is 3. The summed E-state index contributed by atoms with van der Waals surface area (Å²) >= 11 is 6.06. The molecule has 4 rings (SSSR count). The van der Waals surface area contributed by atoms with Crippen molar-refractivity contribution in [1.29, 1.82) is 5.41 Å². The molecule has 0 amide bonds. The molecular formula is C23H25ClN4. The van der Waals surface area contributed by atoms with Gasteiger partial charge in [-0.3, -0.25) is 4.99 Å². The lowest BCUT2D eigenvalue weighted by Gasteiger charge is -2.38. The van der Waals surface area contributed by atoms with Crippen molar-refractivity contribution in [3.63, 3.8) is 0 Å². The summed E-state index contributed by atoms with van der Waals surface area (Å²) in [6.45, 7) is 6.55. The third kappa shape index (κ3) is 4.12. The molecule has 28 heavy (non-hydrogen) atoms. The van der Waals surface area contributed by atoms with Gasteiger partial charge in [0.05, 0.1) is 6.54 Å². The van der Waals surface area contributed by atoms with Crippen LogP contribution in [0.1, 0.15) is 13.3 Å². The van der Waals surface area contributed by atoms with Crippen LogP contribution in [-0.2, 0) is 0 Å². The zero-order valence-corrected chi connectivity index (χ0v) is 16.9. The molecule has 2 aliphatic heterocycles. The largest absolute Gasteiger partial charge is 0.370 e. The molecule has 0 unspecified atom stereocenters. The zero-order chi connectivity index (χ0) is 19.5. The van der Waals surface area contributed by atoms with Crippen LogP contribution in [-0.4, -0.2) is 49.0 Å². The van der Waals surface area contributed by atoms with Gasteiger partial charge in [0.2, 0.25) is 0 Å². The van der Waals surface area contributed by atoms with Gasteiger partial charge in [0.15, 0.2) is 0 Å². The van der Waals surface area contributed by atoms with E-state index in [0.717, 1.165) is 43.5 Å². The van der Waals surface area contributed by atoms with E-state index in [0.29, 0.717) is 12.1 Å². The lowest BCUT2D eigenvalue weighted by atomic mass is 10.0. The first-order valence-electron chi connectivity index (χ1n) is 9.73. The number of aliphatic imine (C=N–C) groups is 1. The van der Waals surface area contributed by atoms with E-state index < -0.39 is 0 Å². The molecule has 1 saturated heterocycles. The first-order chi connectivity index (χ1) is 13.6. The molecule has 2 heterocycles. The maximum atomic E-state index is 7.66. The highest BCUT2D eigenvalue weighted by Crippen LogP contribution is 2.32. The number of hydrogen-bond acceptors (Lipinski definition) is 4. The van der Waals surface area contributed by atoms with Gasteiger partial charge in [-0.05, 0) is 36.8 Å². The molecule has 4 nitrogen and oxygen atoms in total. The molecule has 0 saturated carbocycles. The molecule has 0 aliphatic carbocycles. The fraction of sp³-hybridized carbons (Fsp3) is 0.304. The SMILES string of the molecule is CC(=N)CC1=NCC(N2CCN(c3ccccc3-c3ccc(Cl)cc3)CC2)=C1. The Morgan fingerprint density at radius 1 is 1.00 bits per heavy atom. The van der Waals surface area contributed by atoms with Gasteiger partial charge in [-0.15, -0.1) is 0 Å². The van der Waals surface area contributed by atoms with E-state index in [1.165, 1.54) is 22.5 Å². The van der Waals surface area contributed by atoms with Crippen molar-refractivity contribution in [3.05, 3.63) is 65.3 Å². The highest BCUT2D eigenvalue weighted by molar-refractivity contribution is 6.30. The molecule has 1 N–H and O–H groups in total. The first kappa shape index (κ1) is 18.8. The Morgan fingerprint density at radius 3 is 2.39 bits per heavy atom. The summed E-state index contributed by atoms with van der Waals surface area (Å²) in [7, 11) is 0. The topological polar surface area (TPSA) is 42.7 Å². The monoisotopic (exact) mass is 392 g/mol. The summed E-state index contributed by atoms with van der Waals surface area (Å²) in [6, 6.07) is 16.7. The molecule has 0 radical (unpaired) electrons. The van der Waals surface area contributed by atoms with Crippen LogP contribution in [0, 0.1) is 5.41 Å². The summed E-state index contributed by atoms with van der Waals surface area (Å²) in [6.07, 6.45) is 2.84. The Balaban J connectivity index is 1.45. The van der Waals surface area contributed by atoms with Crippen molar-refractivity contribution in [2.75, 3.05) is 37.6 Å². The van der Waals surface area contributed by atoms with Crippen molar-refractivity contribution in [2.24, 2.45) is 4.99 Å². The Kier molecular flexibility index (Phi) is 5.49. The molecule has 5 heteroatoms. The van der Waals surface area contributed by atoms with Gasteiger partial charge in [0.1, 0.15) is 0 Å². The summed E-state index contributed by atoms with van der Waals surface area (Å²) in [5.74, 6) is 0. The van der Waals surface area contributed by atoms with E-state index in [1.807, 2.05) is 19.1 Å². The maximum Gasteiger partial charge on any atom is 0.0792 e. The van der Waals surface area contributed by atoms with Crippen molar-refractivity contribution in [3.8, 4) is 11.1 Å². The van der Waals surface area contributed by atoms with Gasteiger partial charge in [-0.1, -0.05) is 41.9 Å². The quantitative estimate of drug-likeness (QED) is 0.735. The zero-order valence-electron chi connectivity index (χ0n) is 16.2. The Morgan fingerprint density at radius 2 is 1.68 bits per heavy atom. The number of nitrogens with one attached hydrogen (secondary N) is 1. The Hall–Kier alpha value is -2.59. The molecule has 144 valence electrons. The van der Waals surface area contributed by atoms with E-state index >= 15 is 0 Å². The number of allylic oxidation sites excluding steroid dienone is 1. The third-order valence-electron chi connectivity index (χ3n) is 5.31. The molecule has 2 aliphatic rings. The van der Waals surface area contributed by atoms with E-state index in [9.17, 15) is 0 Å². The van der Waals surface area contributed by atoms with Crippen LogP contribution in [0.2, 0.25) is 5.02 Å². The van der Waals surface area contributed by atoms with Crippen LogP contribution in [0.25, 0.3) is 11.1 Å². The summed E-state index contributed by atoms with van der Waals surface area (Å²) in [5.41, 5.74) is 6.72. The Labute approximate surface area is 171 Å². The minimum Gasteiger partial charge on any atom is -0.370 e. The third-order valence-corrected chi connectivity index (χ3v) is 5.56. The second-order valence-electron chi connectivity index (χ2n) is 7.40. The number of anilines is 1. The summed E-state index contributed by atoms with van der Waals surface area (Å²) in [5, 5.41) is 8.42. The molecule has 0 spiro atoms. The van der Waals surface area contributed by atoms with Gasteiger partial charge < -0.3 is 15.2 Å². The van der Waals surface area contributed by atoms with Crippen LogP contribution in [0.3, 0.4) is 0 Å². The highest BCUT2D eigenvalue weighted by atomic mass is 35.5. The number of piperazine rings is 1. The fourth-order valence-corrected chi connectivity index (χ4v) is 4.02. The number of benzene rings is 2. The average molecular weight is 393 g/mol. The molecule has 1 fully saturated rings. The number of hydrogen-bond donors (Lipinski definition) is 1. The van der Waals surface area contributed by atoms with Crippen LogP contribution in [0.5, 0.6) is 0 Å². The van der Waals surface area contributed by atoms with E-state index in [2.05, 4.69) is 57.3 Å². The van der Waals surface area contributed by atoms with Crippen molar-refractivity contribution >= 4 is 28.7 Å². The van der Waals surface area contributed by atoms with Crippen molar-refractivity contribution in [2.45, 2.75) is 13.3 Å².